The van der Waals surface area contributed by atoms with Crippen molar-refractivity contribution >= 4 is 23.1 Å². The lowest BCUT2D eigenvalue weighted by atomic mass is 10.1. The van der Waals surface area contributed by atoms with Gasteiger partial charge in [-0.05, 0) is 55.7 Å². The summed E-state index contributed by atoms with van der Waals surface area (Å²) in [5, 5.41) is 16.4. The number of halogens is 1. The SMILES string of the molecule is C#CC.CC.Cc1cc(Nc2c(C#N)cnc(C)c2SCNCc2ccc(CN3CCOCC3)cc2)ccc1F. The van der Waals surface area contributed by atoms with Gasteiger partial charge in [-0.2, -0.15) is 5.26 Å². The van der Waals surface area contributed by atoms with Gasteiger partial charge in [0.25, 0.3) is 0 Å². The van der Waals surface area contributed by atoms with Crippen molar-refractivity contribution < 1.29 is 9.13 Å². The van der Waals surface area contributed by atoms with Gasteiger partial charge < -0.3 is 15.4 Å². The van der Waals surface area contributed by atoms with Crippen LogP contribution in [0.5, 0.6) is 0 Å². The highest BCUT2D eigenvalue weighted by Gasteiger charge is 2.15. The Bertz CT molecular complexity index is 1280. The number of aromatic nitrogens is 1. The second-order valence-electron chi connectivity index (χ2n) is 8.87. The van der Waals surface area contributed by atoms with Crippen LogP contribution in [0, 0.1) is 43.3 Å². The first-order valence-electron chi connectivity index (χ1n) is 13.5. The molecular formula is C32H40FN5OS. The molecule has 1 fully saturated rings. The number of thioether (sulfide) groups is 1. The molecule has 0 atom stereocenters. The molecule has 4 rings (SSSR count). The largest absolute Gasteiger partial charge is 0.379 e. The quantitative estimate of drug-likeness (QED) is 0.129. The fraction of sp³-hybridized carbons (Fsp3) is 0.375. The first-order chi connectivity index (χ1) is 19.4. The highest BCUT2D eigenvalue weighted by Crippen LogP contribution is 2.34. The summed E-state index contributed by atoms with van der Waals surface area (Å²) in [6, 6.07) is 15.8. The predicted molar refractivity (Wildman–Crippen MR) is 164 cm³/mol. The molecule has 1 aliphatic rings. The topological polar surface area (TPSA) is 73.2 Å². The van der Waals surface area contributed by atoms with E-state index in [-0.39, 0.29) is 5.82 Å². The van der Waals surface area contributed by atoms with E-state index in [0.29, 0.717) is 22.7 Å². The molecule has 3 aromatic rings. The van der Waals surface area contributed by atoms with Crippen LogP contribution in [0.4, 0.5) is 15.8 Å². The normalized spacial score (nSPS) is 12.6. The third-order valence-corrected chi connectivity index (χ3v) is 7.08. The van der Waals surface area contributed by atoms with Crippen LogP contribution >= 0.6 is 11.8 Å². The van der Waals surface area contributed by atoms with Crippen LogP contribution in [0.25, 0.3) is 0 Å². The van der Waals surface area contributed by atoms with Gasteiger partial charge in [-0.25, -0.2) is 4.39 Å². The molecular weight excluding hydrogens is 521 g/mol. The number of nitrogens with one attached hydrogen (secondary N) is 2. The van der Waals surface area contributed by atoms with Crippen LogP contribution in [0.15, 0.2) is 53.6 Å². The van der Waals surface area contributed by atoms with E-state index in [0.717, 1.165) is 55.7 Å². The third-order valence-electron chi connectivity index (χ3n) is 5.94. The minimum absolute atomic E-state index is 0.255. The number of nitriles is 1. The first-order valence-corrected chi connectivity index (χ1v) is 14.4. The van der Waals surface area contributed by atoms with E-state index in [2.05, 4.69) is 63.2 Å². The molecule has 6 nitrogen and oxygen atoms in total. The highest BCUT2D eigenvalue weighted by atomic mass is 32.2. The standard InChI is InChI=1S/C27H30FN5OS.C3H4.C2H6/c1-19-13-24(7-8-25(19)28)32-26-23(14-29)16-31-20(2)27(26)35-18-30-15-21-3-5-22(6-4-21)17-33-9-11-34-12-10-33;1-3-2;1-2/h3-8,13,16,30H,9-12,15,17-18H2,1-2H3,(H,31,32);1H,2H3;1-2H3. The number of morpholine rings is 1. The van der Waals surface area contributed by atoms with Crippen molar-refractivity contribution in [3.63, 3.8) is 0 Å². The third kappa shape index (κ3) is 10.3. The van der Waals surface area contributed by atoms with Crippen molar-refractivity contribution in [2.75, 3.05) is 37.5 Å². The highest BCUT2D eigenvalue weighted by molar-refractivity contribution is 7.99. The number of aryl methyl sites for hydroxylation is 2. The molecule has 0 radical (unpaired) electrons. The summed E-state index contributed by atoms with van der Waals surface area (Å²) in [5.74, 6) is 2.65. The zero-order chi connectivity index (χ0) is 29.3. The summed E-state index contributed by atoms with van der Waals surface area (Å²) in [6.45, 7) is 14.6. The summed E-state index contributed by atoms with van der Waals surface area (Å²) in [6.07, 6.45) is 6.17. The van der Waals surface area contributed by atoms with Crippen LogP contribution in [0.2, 0.25) is 0 Å². The molecule has 0 spiro atoms. The number of nitrogens with zero attached hydrogens (tertiary/aromatic N) is 3. The fourth-order valence-corrected chi connectivity index (χ4v) is 4.85. The van der Waals surface area contributed by atoms with Gasteiger partial charge in [0.05, 0.1) is 35.1 Å². The number of pyridine rings is 1. The lowest BCUT2D eigenvalue weighted by Crippen LogP contribution is -2.35. The molecule has 212 valence electrons. The number of hydrogen-bond acceptors (Lipinski definition) is 7. The Morgan fingerprint density at radius 2 is 1.75 bits per heavy atom. The van der Waals surface area contributed by atoms with Gasteiger partial charge in [0.15, 0.2) is 0 Å². The van der Waals surface area contributed by atoms with Crippen LogP contribution in [0.3, 0.4) is 0 Å². The number of rotatable bonds is 9. The summed E-state index contributed by atoms with van der Waals surface area (Å²) in [7, 11) is 0. The van der Waals surface area contributed by atoms with Crippen molar-refractivity contribution in [2.45, 2.75) is 52.6 Å². The summed E-state index contributed by atoms with van der Waals surface area (Å²) < 4.78 is 19.1. The average Bonchev–Trinajstić information content (AvgIpc) is 2.97. The Labute approximate surface area is 243 Å². The minimum Gasteiger partial charge on any atom is -0.379 e. The molecule has 2 N–H and O–H groups in total. The van der Waals surface area contributed by atoms with Crippen LogP contribution < -0.4 is 10.6 Å². The molecule has 0 aliphatic carbocycles. The Hall–Kier alpha value is -3.40. The Kier molecular flexibility index (Phi) is 14.8. The molecule has 1 aliphatic heterocycles. The van der Waals surface area contributed by atoms with Gasteiger partial charge in [0.2, 0.25) is 0 Å². The summed E-state index contributed by atoms with van der Waals surface area (Å²) in [4.78, 5) is 7.71. The van der Waals surface area contributed by atoms with E-state index in [1.807, 2.05) is 20.8 Å². The number of hydrogen-bond donors (Lipinski definition) is 2. The molecule has 2 heterocycles. The predicted octanol–water partition coefficient (Wildman–Crippen LogP) is 6.79. The molecule has 0 bridgehead atoms. The lowest BCUT2D eigenvalue weighted by molar-refractivity contribution is 0.0342. The van der Waals surface area contributed by atoms with Gasteiger partial charge in [0, 0.05) is 43.9 Å². The van der Waals surface area contributed by atoms with E-state index < -0.39 is 0 Å². The van der Waals surface area contributed by atoms with Gasteiger partial charge in [0.1, 0.15) is 11.9 Å². The molecule has 1 aromatic heterocycles. The monoisotopic (exact) mass is 561 g/mol. The van der Waals surface area contributed by atoms with Crippen molar-refractivity contribution in [3.05, 3.63) is 82.4 Å². The van der Waals surface area contributed by atoms with Crippen molar-refractivity contribution in [2.24, 2.45) is 0 Å². The van der Waals surface area contributed by atoms with Crippen LogP contribution in [-0.4, -0.2) is 42.1 Å². The molecule has 1 saturated heterocycles. The maximum absolute atomic E-state index is 13.7. The maximum Gasteiger partial charge on any atom is 0.126 e. The van der Waals surface area contributed by atoms with E-state index in [1.165, 1.54) is 17.2 Å². The number of anilines is 2. The second-order valence-corrected chi connectivity index (χ2v) is 9.86. The maximum atomic E-state index is 13.7. The number of terminal acetylenes is 1. The number of benzene rings is 2. The summed E-state index contributed by atoms with van der Waals surface area (Å²) in [5.41, 5.74) is 5.80. The van der Waals surface area contributed by atoms with Crippen molar-refractivity contribution in [1.82, 2.24) is 15.2 Å². The molecule has 0 unspecified atom stereocenters. The van der Waals surface area contributed by atoms with Gasteiger partial charge >= 0.3 is 0 Å². The fourth-order valence-electron chi connectivity index (χ4n) is 3.94. The molecule has 0 saturated carbocycles. The summed E-state index contributed by atoms with van der Waals surface area (Å²) >= 11 is 1.60. The van der Waals surface area contributed by atoms with E-state index >= 15 is 0 Å². The van der Waals surface area contributed by atoms with Gasteiger partial charge in [-0.3, -0.25) is 9.88 Å². The Morgan fingerprint density at radius 1 is 1.10 bits per heavy atom. The molecule has 40 heavy (non-hydrogen) atoms. The van der Waals surface area contributed by atoms with Crippen LogP contribution in [-0.2, 0) is 17.8 Å². The number of ether oxygens (including phenoxy) is 1. The molecule has 2 aromatic carbocycles. The molecule has 0 amide bonds. The van der Waals surface area contributed by atoms with Crippen molar-refractivity contribution in [1.29, 1.82) is 5.26 Å². The minimum atomic E-state index is -0.255. The van der Waals surface area contributed by atoms with Crippen molar-refractivity contribution in [3.8, 4) is 18.4 Å². The lowest BCUT2D eigenvalue weighted by Gasteiger charge is -2.26. The first kappa shape index (κ1) is 32.8. The van der Waals surface area contributed by atoms with Gasteiger partial charge in [-0.15, -0.1) is 24.1 Å². The van der Waals surface area contributed by atoms with Crippen LogP contribution in [0.1, 0.15) is 48.7 Å². The van der Waals surface area contributed by atoms with E-state index in [9.17, 15) is 9.65 Å². The zero-order valence-electron chi connectivity index (χ0n) is 24.2. The smallest absolute Gasteiger partial charge is 0.126 e. The average molecular weight is 562 g/mol. The zero-order valence-corrected chi connectivity index (χ0v) is 25.0. The molecule has 8 heteroatoms. The Balaban J connectivity index is 0.00000105. The van der Waals surface area contributed by atoms with E-state index in [4.69, 9.17) is 4.74 Å². The van der Waals surface area contributed by atoms with E-state index in [1.54, 1.807) is 43.9 Å². The Morgan fingerprint density at radius 3 is 2.38 bits per heavy atom. The second kappa shape index (κ2) is 18.0. The van der Waals surface area contributed by atoms with Gasteiger partial charge in [-0.1, -0.05) is 38.1 Å².